The van der Waals surface area contributed by atoms with Gasteiger partial charge in [-0.15, -0.1) is 0 Å². The quantitative estimate of drug-likeness (QED) is 0.765. The SMILES string of the molecule is CC[C@H](O)c1ccccc1N(CC)CCCO. The van der Waals surface area contributed by atoms with Crippen LogP contribution in [0.4, 0.5) is 5.69 Å². The van der Waals surface area contributed by atoms with Crippen LogP contribution in [0.2, 0.25) is 0 Å². The van der Waals surface area contributed by atoms with Crippen LogP contribution in [0.1, 0.15) is 38.4 Å². The summed E-state index contributed by atoms with van der Waals surface area (Å²) >= 11 is 0. The Balaban J connectivity index is 2.93. The Kier molecular flexibility index (Phi) is 6.01. The molecule has 17 heavy (non-hydrogen) atoms. The van der Waals surface area contributed by atoms with E-state index < -0.39 is 6.10 Å². The zero-order chi connectivity index (χ0) is 12.7. The van der Waals surface area contributed by atoms with Crippen molar-refractivity contribution in [3.63, 3.8) is 0 Å². The van der Waals surface area contributed by atoms with Crippen LogP contribution in [-0.4, -0.2) is 29.9 Å². The molecule has 0 aliphatic rings. The van der Waals surface area contributed by atoms with Gasteiger partial charge >= 0.3 is 0 Å². The zero-order valence-electron chi connectivity index (χ0n) is 10.8. The van der Waals surface area contributed by atoms with Gasteiger partial charge in [-0.3, -0.25) is 0 Å². The van der Waals surface area contributed by atoms with Crippen LogP contribution in [0.25, 0.3) is 0 Å². The second kappa shape index (κ2) is 7.30. The second-order valence-electron chi connectivity index (χ2n) is 4.14. The van der Waals surface area contributed by atoms with E-state index in [0.29, 0.717) is 6.42 Å². The van der Waals surface area contributed by atoms with Crippen LogP contribution in [0.15, 0.2) is 24.3 Å². The second-order valence-corrected chi connectivity index (χ2v) is 4.14. The molecule has 0 aromatic heterocycles. The van der Waals surface area contributed by atoms with E-state index in [1.807, 2.05) is 31.2 Å². The molecule has 0 heterocycles. The molecule has 1 aromatic rings. The summed E-state index contributed by atoms with van der Waals surface area (Å²) in [6.07, 6.45) is 1.06. The van der Waals surface area contributed by atoms with Crippen molar-refractivity contribution in [1.29, 1.82) is 0 Å². The first-order chi connectivity index (χ1) is 8.24. The fourth-order valence-electron chi connectivity index (χ4n) is 1.99. The summed E-state index contributed by atoms with van der Waals surface area (Å²) in [6.45, 7) is 5.97. The summed E-state index contributed by atoms with van der Waals surface area (Å²) in [5.74, 6) is 0. The summed E-state index contributed by atoms with van der Waals surface area (Å²) in [4.78, 5) is 2.20. The largest absolute Gasteiger partial charge is 0.396 e. The van der Waals surface area contributed by atoms with Crippen LogP contribution in [0, 0.1) is 0 Å². The normalized spacial score (nSPS) is 12.5. The van der Waals surface area contributed by atoms with Crippen molar-refractivity contribution in [2.24, 2.45) is 0 Å². The fourth-order valence-corrected chi connectivity index (χ4v) is 1.99. The van der Waals surface area contributed by atoms with Crippen molar-refractivity contribution in [3.05, 3.63) is 29.8 Å². The molecule has 3 nitrogen and oxygen atoms in total. The Bertz CT molecular complexity index is 328. The molecule has 2 N–H and O–H groups in total. The van der Waals surface area contributed by atoms with Gasteiger partial charge in [0.25, 0.3) is 0 Å². The van der Waals surface area contributed by atoms with Gasteiger partial charge in [-0.2, -0.15) is 0 Å². The summed E-state index contributed by atoms with van der Waals surface area (Å²) in [5, 5.41) is 18.9. The number of nitrogens with zero attached hydrogens (tertiary/aromatic N) is 1. The van der Waals surface area contributed by atoms with Crippen LogP contribution < -0.4 is 4.90 Å². The molecule has 0 saturated heterocycles. The third kappa shape index (κ3) is 3.72. The third-order valence-corrected chi connectivity index (χ3v) is 2.99. The number of hydrogen-bond acceptors (Lipinski definition) is 3. The number of rotatable bonds is 7. The number of aliphatic hydroxyl groups excluding tert-OH is 2. The van der Waals surface area contributed by atoms with Crippen LogP contribution in [-0.2, 0) is 0 Å². The number of aliphatic hydroxyl groups is 2. The van der Waals surface area contributed by atoms with Gasteiger partial charge in [-0.05, 0) is 25.8 Å². The van der Waals surface area contributed by atoms with Crippen molar-refractivity contribution < 1.29 is 10.2 Å². The zero-order valence-corrected chi connectivity index (χ0v) is 10.8. The highest BCUT2D eigenvalue weighted by molar-refractivity contribution is 5.54. The maximum atomic E-state index is 10.0. The molecule has 3 heteroatoms. The Morgan fingerprint density at radius 3 is 2.53 bits per heavy atom. The van der Waals surface area contributed by atoms with Crippen molar-refractivity contribution in [1.82, 2.24) is 0 Å². The van der Waals surface area contributed by atoms with Gasteiger partial charge in [0.2, 0.25) is 0 Å². The minimum absolute atomic E-state index is 0.203. The van der Waals surface area contributed by atoms with E-state index in [9.17, 15) is 5.11 Å². The number of para-hydroxylation sites is 1. The third-order valence-electron chi connectivity index (χ3n) is 2.99. The predicted molar refractivity (Wildman–Crippen MR) is 71.3 cm³/mol. The molecule has 0 fully saturated rings. The lowest BCUT2D eigenvalue weighted by Gasteiger charge is -2.27. The van der Waals surface area contributed by atoms with Crippen molar-refractivity contribution in [3.8, 4) is 0 Å². The standard InChI is InChI=1S/C14H23NO2/c1-3-14(17)12-8-5-6-9-13(12)15(4-2)10-7-11-16/h5-6,8-9,14,16-17H,3-4,7,10-11H2,1-2H3/t14-/m0/s1. The van der Waals surface area contributed by atoms with Gasteiger partial charge in [-0.1, -0.05) is 25.1 Å². The van der Waals surface area contributed by atoms with Gasteiger partial charge < -0.3 is 15.1 Å². The minimum Gasteiger partial charge on any atom is -0.396 e. The fraction of sp³-hybridized carbons (Fsp3) is 0.571. The molecule has 0 aliphatic heterocycles. The van der Waals surface area contributed by atoms with E-state index in [-0.39, 0.29) is 6.61 Å². The van der Waals surface area contributed by atoms with Gasteiger partial charge in [0, 0.05) is 30.9 Å². The molecular weight excluding hydrogens is 214 g/mol. The summed E-state index contributed by atoms with van der Waals surface area (Å²) < 4.78 is 0. The van der Waals surface area contributed by atoms with Gasteiger partial charge in [0.1, 0.15) is 0 Å². The molecule has 96 valence electrons. The number of anilines is 1. The highest BCUT2D eigenvalue weighted by Crippen LogP contribution is 2.28. The molecule has 1 atom stereocenters. The average Bonchev–Trinajstić information content (AvgIpc) is 2.39. The van der Waals surface area contributed by atoms with E-state index in [1.165, 1.54) is 0 Å². The Morgan fingerprint density at radius 2 is 1.94 bits per heavy atom. The lowest BCUT2D eigenvalue weighted by molar-refractivity contribution is 0.174. The molecule has 0 amide bonds. The van der Waals surface area contributed by atoms with Gasteiger partial charge in [-0.25, -0.2) is 0 Å². The first kappa shape index (κ1) is 14.0. The predicted octanol–water partition coefficient (Wildman–Crippen LogP) is 2.34. The van der Waals surface area contributed by atoms with Gasteiger partial charge in [0.15, 0.2) is 0 Å². The van der Waals surface area contributed by atoms with Crippen molar-refractivity contribution >= 4 is 5.69 Å². The van der Waals surface area contributed by atoms with Crippen LogP contribution >= 0.6 is 0 Å². The minimum atomic E-state index is -0.408. The smallest absolute Gasteiger partial charge is 0.0807 e. The van der Waals surface area contributed by atoms with Crippen LogP contribution in [0.3, 0.4) is 0 Å². The van der Waals surface area contributed by atoms with E-state index >= 15 is 0 Å². The monoisotopic (exact) mass is 237 g/mol. The number of hydrogen-bond donors (Lipinski definition) is 2. The lowest BCUT2D eigenvalue weighted by atomic mass is 10.0. The average molecular weight is 237 g/mol. The number of benzene rings is 1. The first-order valence-corrected chi connectivity index (χ1v) is 6.37. The maximum absolute atomic E-state index is 10.0. The summed E-state index contributed by atoms with van der Waals surface area (Å²) in [5.41, 5.74) is 2.06. The Morgan fingerprint density at radius 1 is 1.24 bits per heavy atom. The molecule has 1 rings (SSSR count). The van der Waals surface area contributed by atoms with Gasteiger partial charge in [0.05, 0.1) is 6.10 Å². The van der Waals surface area contributed by atoms with E-state index in [4.69, 9.17) is 5.11 Å². The molecule has 1 aromatic carbocycles. The maximum Gasteiger partial charge on any atom is 0.0807 e. The molecule has 0 spiro atoms. The van der Waals surface area contributed by atoms with E-state index in [2.05, 4.69) is 11.8 Å². The Hall–Kier alpha value is -1.06. The lowest BCUT2D eigenvalue weighted by Crippen LogP contribution is -2.26. The highest BCUT2D eigenvalue weighted by Gasteiger charge is 2.13. The van der Waals surface area contributed by atoms with E-state index in [1.54, 1.807) is 0 Å². The molecule has 0 unspecified atom stereocenters. The topological polar surface area (TPSA) is 43.7 Å². The first-order valence-electron chi connectivity index (χ1n) is 6.37. The summed E-state index contributed by atoms with van der Waals surface area (Å²) in [7, 11) is 0. The van der Waals surface area contributed by atoms with E-state index in [0.717, 1.165) is 30.8 Å². The highest BCUT2D eigenvalue weighted by atomic mass is 16.3. The molecule has 0 radical (unpaired) electrons. The molecule has 0 saturated carbocycles. The summed E-state index contributed by atoms with van der Waals surface area (Å²) in [6, 6.07) is 7.96. The van der Waals surface area contributed by atoms with Crippen molar-refractivity contribution in [2.45, 2.75) is 32.8 Å². The molecular formula is C14H23NO2. The Labute approximate surface area is 104 Å². The van der Waals surface area contributed by atoms with Crippen LogP contribution in [0.5, 0.6) is 0 Å². The van der Waals surface area contributed by atoms with Crippen molar-refractivity contribution in [2.75, 3.05) is 24.6 Å². The molecule has 0 aliphatic carbocycles. The molecule has 0 bridgehead atoms.